The predicted octanol–water partition coefficient (Wildman–Crippen LogP) is 4.25. The van der Waals surface area contributed by atoms with Gasteiger partial charge in [0.2, 0.25) is 6.10 Å². The fourth-order valence-corrected chi connectivity index (χ4v) is 3.83. The van der Waals surface area contributed by atoms with Crippen LogP contribution in [0, 0.1) is 0 Å². The summed E-state index contributed by atoms with van der Waals surface area (Å²) in [6.07, 6.45) is -8.43. The van der Waals surface area contributed by atoms with Crippen molar-refractivity contribution in [3.8, 4) is 11.4 Å². The number of aromatic nitrogens is 3. The molecule has 0 saturated carbocycles. The monoisotopic (exact) mass is 508 g/mol. The Labute approximate surface area is 193 Å². The second-order valence-electron chi connectivity index (χ2n) is 8.30. The number of carbonyl (C=O) groups is 1. The van der Waals surface area contributed by atoms with Crippen LogP contribution in [0.25, 0.3) is 11.4 Å². The Kier molecular flexibility index (Phi) is 6.02. The van der Waals surface area contributed by atoms with E-state index in [9.17, 15) is 35.5 Å². The molecule has 4 heterocycles. The molecule has 0 spiro atoms. The standard InChI is InChI=1S/C20H19F7N6O2/c1-9-7-33(4-3-28-9)12-6-10(20(25,26)27)5-11(31-12)14-13-15(19(23,24)18(2,21)22)35-17(34)32-16(13)30-8-29-14/h5-6,8-9,15,28H,3-4,7H2,1-2H3,(H,29,30,32,34)/t9-,15+/m0/s1. The van der Waals surface area contributed by atoms with Gasteiger partial charge >= 0.3 is 24.1 Å². The van der Waals surface area contributed by atoms with Gasteiger partial charge in [0, 0.05) is 32.6 Å². The van der Waals surface area contributed by atoms with Gasteiger partial charge in [-0.2, -0.15) is 22.0 Å². The Morgan fingerprint density at radius 3 is 2.46 bits per heavy atom. The molecule has 15 heteroatoms. The SMILES string of the molecule is C[C@H]1CN(c2cc(C(F)(F)F)cc(-c3ncnc4c3[C@H](C(F)(F)C(C)(F)F)OC(=O)N4)n2)CCN1. The minimum atomic E-state index is -4.95. The molecule has 2 aliphatic heterocycles. The van der Waals surface area contributed by atoms with Crippen molar-refractivity contribution in [1.82, 2.24) is 20.3 Å². The Morgan fingerprint density at radius 2 is 1.83 bits per heavy atom. The predicted molar refractivity (Wildman–Crippen MR) is 108 cm³/mol. The van der Waals surface area contributed by atoms with Gasteiger partial charge in [-0.3, -0.25) is 5.32 Å². The molecule has 0 aromatic carbocycles. The molecule has 190 valence electrons. The third kappa shape index (κ3) is 4.68. The summed E-state index contributed by atoms with van der Waals surface area (Å²) >= 11 is 0. The largest absolute Gasteiger partial charge is 0.434 e. The molecule has 2 aromatic rings. The van der Waals surface area contributed by atoms with E-state index in [0.29, 0.717) is 25.7 Å². The van der Waals surface area contributed by atoms with Gasteiger partial charge in [-0.15, -0.1) is 0 Å². The van der Waals surface area contributed by atoms with Crippen molar-refractivity contribution in [3.05, 3.63) is 29.6 Å². The average molecular weight is 508 g/mol. The number of rotatable bonds is 4. The first-order valence-corrected chi connectivity index (χ1v) is 10.3. The summed E-state index contributed by atoms with van der Waals surface area (Å²) in [4.78, 5) is 24.9. The maximum Gasteiger partial charge on any atom is 0.416 e. The molecule has 0 radical (unpaired) electrons. The van der Waals surface area contributed by atoms with Crippen molar-refractivity contribution in [2.24, 2.45) is 0 Å². The van der Waals surface area contributed by atoms with Crippen molar-refractivity contribution in [1.29, 1.82) is 0 Å². The molecule has 8 nitrogen and oxygen atoms in total. The number of pyridine rings is 1. The maximum atomic E-state index is 14.7. The van der Waals surface area contributed by atoms with Crippen LogP contribution in [0.15, 0.2) is 18.5 Å². The summed E-state index contributed by atoms with van der Waals surface area (Å²) in [6.45, 7) is 2.81. The number of fused-ring (bicyclic) bond motifs is 1. The Balaban J connectivity index is 1.92. The summed E-state index contributed by atoms with van der Waals surface area (Å²) in [5.41, 5.74) is -3.11. The highest BCUT2D eigenvalue weighted by molar-refractivity contribution is 5.89. The summed E-state index contributed by atoms with van der Waals surface area (Å²) in [6, 6.07) is 1.29. The zero-order valence-electron chi connectivity index (χ0n) is 18.3. The van der Waals surface area contributed by atoms with Crippen molar-refractivity contribution in [2.75, 3.05) is 29.9 Å². The molecule has 1 fully saturated rings. The van der Waals surface area contributed by atoms with Gasteiger partial charge in [0.1, 0.15) is 23.7 Å². The summed E-state index contributed by atoms with van der Waals surface area (Å²) in [7, 11) is 0. The maximum absolute atomic E-state index is 14.7. The number of cyclic esters (lactones) is 1. The molecule has 1 saturated heterocycles. The highest BCUT2D eigenvalue weighted by Crippen LogP contribution is 2.50. The highest BCUT2D eigenvalue weighted by Gasteiger charge is 2.62. The average Bonchev–Trinajstić information content (AvgIpc) is 2.76. The highest BCUT2D eigenvalue weighted by atomic mass is 19.4. The van der Waals surface area contributed by atoms with Crippen molar-refractivity contribution in [3.63, 3.8) is 0 Å². The minimum Gasteiger partial charge on any atom is -0.434 e. The molecular formula is C20H19F7N6O2. The van der Waals surface area contributed by atoms with E-state index in [1.165, 1.54) is 0 Å². The number of hydrogen-bond acceptors (Lipinski definition) is 7. The van der Waals surface area contributed by atoms with Crippen LogP contribution < -0.4 is 15.5 Å². The number of halogens is 7. The fourth-order valence-electron chi connectivity index (χ4n) is 3.83. The van der Waals surface area contributed by atoms with Crippen LogP contribution in [0.3, 0.4) is 0 Å². The first kappa shape index (κ1) is 24.9. The van der Waals surface area contributed by atoms with Gasteiger partial charge in [0.15, 0.2) is 0 Å². The number of nitrogens with one attached hydrogen (secondary N) is 2. The molecule has 2 aliphatic rings. The lowest BCUT2D eigenvalue weighted by atomic mass is 9.95. The Morgan fingerprint density at radius 1 is 1.11 bits per heavy atom. The molecule has 35 heavy (non-hydrogen) atoms. The molecule has 2 aromatic heterocycles. The lowest BCUT2D eigenvalue weighted by Gasteiger charge is -2.35. The number of amides is 1. The molecule has 2 atom stereocenters. The number of carbonyl (C=O) groups excluding carboxylic acids is 1. The van der Waals surface area contributed by atoms with Gasteiger partial charge < -0.3 is 15.0 Å². The van der Waals surface area contributed by atoms with E-state index < -0.39 is 58.6 Å². The van der Waals surface area contributed by atoms with Crippen LogP contribution in [0.2, 0.25) is 0 Å². The van der Waals surface area contributed by atoms with Crippen molar-refractivity contribution >= 4 is 17.7 Å². The first-order valence-electron chi connectivity index (χ1n) is 10.3. The number of alkyl halides is 7. The third-order valence-corrected chi connectivity index (χ3v) is 5.58. The smallest absolute Gasteiger partial charge is 0.416 e. The van der Waals surface area contributed by atoms with Crippen LogP contribution in [0.5, 0.6) is 0 Å². The van der Waals surface area contributed by atoms with Crippen LogP contribution in [-0.4, -0.2) is 58.6 Å². The fraction of sp³-hybridized carbons (Fsp3) is 0.500. The number of hydrogen-bond donors (Lipinski definition) is 2. The molecular weight excluding hydrogens is 489 g/mol. The van der Waals surface area contributed by atoms with Gasteiger partial charge in [-0.25, -0.2) is 28.5 Å². The molecule has 2 N–H and O–H groups in total. The number of nitrogens with zero attached hydrogens (tertiary/aromatic N) is 4. The second-order valence-corrected chi connectivity index (χ2v) is 8.30. The number of piperazine rings is 1. The number of ether oxygens (including phenoxy) is 1. The molecule has 0 bridgehead atoms. The van der Waals surface area contributed by atoms with Crippen LogP contribution >= 0.6 is 0 Å². The van der Waals surface area contributed by atoms with E-state index in [-0.39, 0.29) is 18.8 Å². The van der Waals surface area contributed by atoms with Crippen LogP contribution in [-0.2, 0) is 10.9 Å². The molecule has 0 unspecified atom stereocenters. The summed E-state index contributed by atoms with van der Waals surface area (Å²) in [5, 5.41) is 5.12. The molecule has 4 rings (SSSR count). The van der Waals surface area contributed by atoms with Crippen LogP contribution in [0.4, 0.5) is 47.2 Å². The van der Waals surface area contributed by atoms with E-state index in [1.54, 1.807) is 4.90 Å². The van der Waals surface area contributed by atoms with Gasteiger partial charge in [0.05, 0.1) is 16.8 Å². The number of anilines is 2. The van der Waals surface area contributed by atoms with Gasteiger partial charge in [0.25, 0.3) is 0 Å². The first-order chi connectivity index (χ1) is 16.2. The molecule has 0 aliphatic carbocycles. The molecule has 1 amide bonds. The minimum absolute atomic E-state index is 0.0712. The van der Waals surface area contributed by atoms with Crippen LogP contribution in [0.1, 0.15) is 31.1 Å². The summed E-state index contributed by atoms with van der Waals surface area (Å²) < 4.78 is 103. The van der Waals surface area contributed by atoms with E-state index >= 15 is 0 Å². The van der Waals surface area contributed by atoms with Crippen molar-refractivity contribution in [2.45, 2.75) is 44.0 Å². The Bertz CT molecular complexity index is 1140. The van der Waals surface area contributed by atoms with Gasteiger partial charge in [-0.1, -0.05) is 0 Å². The third-order valence-electron chi connectivity index (χ3n) is 5.58. The van der Waals surface area contributed by atoms with E-state index in [1.807, 2.05) is 12.2 Å². The van der Waals surface area contributed by atoms with E-state index in [0.717, 1.165) is 12.4 Å². The second kappa shape index (κ2) is 8.46. The van der Waals surface area contributed by atoms with Crippen molar-refractivity contribution < 1.29 is 40.3 Å². The normalized spacial score (nSPS) is 21.3. The lowest BCUT2D eigenvalue weighted by Crippen LogP contribution is -2.49. The summed E-state index contributed by atoms with van der Waals surface area (Å²) in [5.74, 6) is -10.3. The zero-order chi connectivity index (χ0) is 25.8. The van der Waals surface area contributed by atoms with Gasteiger partial charge in [-0.05, 0) is 19.1 Å². The van der Waals surface area contributed by atoms with E-state index in [2.05, 4.69) is 25.0 Å². The lowest BCUT2D eigenvalue weighted by molar-refractivity contribution is -0.245. The quantitative estimate of drug-likeness (QED) is 0.597. The Hall–Kier alpha value is -3.23. The van der Waals surface area contributed by atoms with E-state index in [4.69, 9.17) is 0 Å². The topological polar surface area (TPSA) is 92.3 Å². The zero-order valence-corrected chi connectivity index (χ0v) is 18.3.